The van der Waals surface area contributed by atoms with Gasteiger partial charge in [-0.3, -0.25) is 0 Å². The molecule has 3 heteroatoms. The van der Waals surface area contributed by atoms with Gasteiger partial charge in [-0.25, -0.2) is 0 Å². The molecule has 1 saturated carbocycles. The van der Waals surface area contributed by atoms with Crippen LogP contribution < -0.4 is 21.7 Å². The largest absolute Gasteiger partial charge is 2.00 e. The first-order chi connectivity index (χ1) is 5.95. The monoisotopic (exact) mass is 264 g/mol. The predicted octanol–water partition coefficient (Wildman–Crippen LogP) is -0.569. The van der Waals surface area contributed by atoms with Crippen LogP contribution in [-0.4, -0.2) is 29.2 Å². The molecule has 0 spiro atoms. The summed E-state index contributed by atoms with van der Waals surface area (Å²) in [7, 11) is 0. The van der Waals surface area contributed by atoms with E-state index in [-0.39, 0.29) is 40.0 Å². The summed E-state index contributed by atoms with van der Waals surface area (Å²) in [6.07, 6.45) is 5.53. The molecule has 0 aliphatic heterocycles. The third-order valence-corrected chi connectivity index (χ3v) is 2.28. The van der Waals surface area contributed by atoms with E-state index in [1.54, 1.807) is 0 Å². The molecule has 0 saturated heterocycles. The SMILES string of the molecule is [Br-].[Mg+2].[c-]1cccc(OC2CCCC2)c1. The van der Waals surface area contributed by atoms with Crippen LogP contribution in [0.4, 0.5) is 0 Å². The number of ether oxygens (including phenoxy) is 1. The van der Waals surface area contributed by atoms with Gasteiger partial charge in [-0.05, 0) is 25.7 Å². The third kappa shape index (κ3) is 4.19. The normalized spacial score (nSPS) is 15.4. The smallest absolute Gasteiger partial charge is 1.00 e. The summed E-state index contributed by atoms with van der Waals surface area (Å²) in [4.78, 5) is 0. The van der Waals surface area contributed by atoms with E-state index in [4.69, 9.17) is 4.74 Å². The Balaban J connectivity index is 0.000000845. The Kier molecular flexibility index (Phi) is 7.69. The number of hydrogen-bond acceptors (Lipinski definition) is 1. The molecule has 1 aliphatic carbocycles. The molecular formula is C11H13BrMgO. The van der Waals surface area contributed by atoms with Crippen LogP contribution in [0, 0.1) is 6.07 Å². The zero-order valence-electron chi connectivity index (χ0n) is 8.21. The minimum absolute atomic E-state index is 0. The molecule has 72 valence electrons. The molecule has 1 aromatic carbocycles. The average Bonchev–Trinajstić information content (AvgIpc) is 2.59. The molecule has 1 aromatic rings. The Hall–Kier alpha value is 0.266. The number of hydrogen-bond donors (Lipinski definition) is 0. The van der Waals surface area contributed by atoms with Crippen LogP contribution in [-0.2, 0) is 0 Å². The number of benzene rings is 1. The van der Waals surface area contributed by atoms with Gasteiger partial charge in [-0.1, -0.05) is 0 Å². The second-order valence-electron chi connectivity index (χ2n) is 3.26. The van der Waals surface area contributed by atoms with Crippen molar-refractivity contribution >= 4 is 23.1 Å². The molecular weight excluding hydrogens is 252 g/mol. The van der Waals surface area contributed by atoms with Crippen LogP contribution >= 0.6 is 0 Å². The Morgan fingerprint density at radius 3 is 2.57 bits per heavy atom. The molecule has 0 atom stereocenters. The maximum Gasteiger partial charge on any atom is 2.00 e. The van der Waals surface area contributed by atoms with Gasteiger partial charge < -0.3 is 21.7 Å². The molecule has 1 nitrogen and oxygen atoms in total. The van der Waals surface area contributed by atoms with E-state index in [1.807, 2.05) is 24.3 Å². The Labute approximate surface area is 112 Å². The van der Waals surface area contributed by atoms with Crippen LogP contribution in [0.3, 0.4) is 0 Å². The van der Waals surface area contributed by atoms with Crippen molar-refractivity contribution < 1.29 is 21.7 Å². The fourth-order valence-electron chi connectivity index (χ4n) is 1.65. The Morgan fingerprint density at radius 2 is 2.00 bits per heavy atom. The first-order valence-electron chi connectivity index (χ1n) is 4.58. The zero-order chi connectivity index (χ0) is 8.23. The van der Waals surface area contributed by atoms with Crippen molar-refractivity contribution in [3.63, 3.8) is 0 Å². The van der Waals surface area contributed by atoms with E-state index in [9.17, 15) is 0 Å². The molecule has 0 radical (unpaired) electrons. The number of rotatable bonds is 2. The van der Waals surface area contributed by atoms with Gasteiger partial charge in [-0.2, -0.15) is 18.2 Å². The standard InChI is InChI=1S/C11H13O.BrH.Mg/c1-2-6-10(7-3-1)12-11-8-4-5-9-11;;/h1-2,6-7,11H,4-5,8-9H2;1H;/q-1;;+2/p-1. The first kappa shape index (κ1) is 14.3. The van der Waals surface area contributed by atoms with Crippen molar-refractivity contribution in [1.29, 1.82) is 0 Å². The fourth-order valence-corrected chi connectivity index (χ4v) is 1.65. The molecule has 0 amide bonds. The van der Waals surface area contributed by atoms with Crippen LogP contribution in [0.25, 0.3) is 0 Å². The van der Waals surface area contributed by atoms with Crippen molar-refractivity contribution in [1.82, 2.24) is 0 Å². The van der Waals surface area contributed by atoms with Crippen molar-refractivity contribution in [3.05, 3.63) is 30.3 Å². The maximum atomic E-state index is 5.74. The third-order valence-electron chi connectivity index (χ3n) is 2.28. The quantitative estimate of drug-likeness (QED) is 0.514. The van der Waals surface area contributed by atoms with Gasteiger partial charge in [0.25, 0.3) is 0 Å². The minimum atomic E-state index is 0. The second-order valence-corrected chi connectivity index (χ2v) is 3.26. The molecule has 0 aromatic heterocycles. The molecule has 0 bridgehead atoms. The minimum Gasteiger partial charge on any atom is -1.00 e. The van der Waals surface area contributed by atoms with Crippen molar-refractivity contribution in [2.45, 2.75) is 31.8 Å². The van der Waals surface area contributed by atoms with Gasteiger partial charge >= 0.3 is 23.1 Å². The molecule has 0 N–H and O–H groups in total. The van der Waals surface area contributed by atoms with Crippen molar-refractivity contribution in [3.8, 4) is 5.75 Å². The summed E-state index contributed by atoms with van der Waals surface area (Å²) in [6.45, 7) is 0. The topological polar surface area (TPSA) is 9.23 Å². The van der Waals surface area contributed by atoms with Gasteiger partial charge in [0.15, 0.2) is 0 Å². The van der Waals surface area contributed by atoms with Crippen LogP contribution in [0.1, 0.15) is 25.7 Å². The van der Waals surface area contributed by atoms with Gasteiger partial charge in [-0.15, -0.1) is 12.1 Å². The van der Waals surface area contributed by atoms with Crippen LogP contribution in [0.15, 0.2) is 24.3 Å². The van der Waals surface area contributed by atoms with E-state index < -0.39 is 0 Å². The summed E-state index contributed by atoms with van der Waals surface area (Å²) >= 11 is 0. The predicted molar refractivity (Wildman–Crippen MR) is 53.9 cm³/mol. The maximum absolute atomic E-state index is 5.74. The van der Waals surface area contributed by atoms with Gasteiger partial charge in [0.05, 0.1) is 6.10 Å². The van der Waals surface area contributed by atoms with E-state index in [2.05, 4.69) is 6.07 Å². The molecule has 0 unspecified atom stereocenters. The summed E-state index contributed by atoms with van der Waals surface area (Å²) in [5.74, 6) is 0.962. The van der Waals surface area contributed by atoms with Crippen LogP contribution in [0.2, 0.25) is 0 Å². The van der Waals surface area contributed by atoms with Gasteiger partial charge in [0.2, 0.25) is 0 Å². The summed E-state index contributed by atoms with van der Waals surface area (Å²) in [5, 5.41) is 0. The first-order valence-corrected chi connectivity index (χ1v) is 4.58. The molecule has 2 rings (SSSR count). The van der Waals surface area contributed by atoms with E-state index in [1.165, 1.54) is 25.7 Å². The average molecular weight is 265 g/mol. The van der Waals surface area contributed by atoms with E-state index >= 15 is 0 Å². The summed E-state index contributed by atoms with van der Waals surface area (Å²) < 4.78 is 5.74. The molecule has 1 aliphatic rings. The molecule has 0 heterocycles. The molecule has 14 heavy (non-hydrogen) atoms. The van der Waals surface area contributed by atoms with Crippen LogP contribution in [0.5, 0.6) is 5.75 Å². The summed E-state index contributed by atoms with van der Waals surface area (Å²) in [5.41, 5.74) is 0. The van der Waals surface area contributed by atoms with E-state index in [0.29, 0.717) is 6.10 Å². The molecule has 1 fully saturated rings. The Morgan fingerprint density at radius 1 is 1.29 bits per heavy atom. The second kappa shape index (κ2) is 7.54. The van der Waals surface area contributed by atoms with E-state index in [0.717, 1.165) is 5.75 Å². The van der Waals surface area contributed by atoms with Crippen molar-refractivity contribution in [2.75, 3.05) is 0 Å². The Bertz CT molecular complexity index is 234. The van der Waals surface area contributed by atoms with Gasteiger partial charge in [0.1, 0.15) is 0 Å². The zero-order valence-corrected chi connectivity index (χ0v) is 11.2. The van der Waals surface area contributed by atoms with Gasteiger partial charge in [0, 0.05) is 5.75 Å². The summed E-state index contributed by atoms with van der Waals surface area (Å²) in [6, 6.07) is 10.8. The number of halogens is 1. The van der Waals surface area contributed by atoms with Crippen molar-refractivity contribution in [2.24, 2.45) is 0 Å². The fraction of sp³-hybridized carbons (Fsp3) is 0.455.